The first-order valence-electron chi connectivity index (χ1n) is 12.4. The molecule has 0 bridgehead atoms. The average Bonchev–Trinajstić information content (AvgIpc) is 2.84. The summed E-state index contributed by atoms with van der Waals surface area (Å²) in [5, 5.41) is 5.37. The van der Waals surface area contributed by atoms with Gasteiger partial charge in [0.05, 0.1) is 4.90 Å². The third-order valence-corrected chi connectivity index (χ3v) is 6.93. The molecule has 0 saturated heterocycles. The predicted octanol–water partition coefficient (Wildman–Crippen LogP) is 5.69. The zero-order valence-electron chi connectivity index (χ0n) is 22.3. The lowest BCUT2D eigenvalue weighted by molar-refractivity contribution is -0.157. The quantitative estimate of drug-likeness (QED) is 0.304. The molecule has 0 fully saturated rings. The van der Waals surface area contributed by atoms with Crippen molar-refractivity contribution in [1.82, 2.24) is 5.32 Å². The predicted molar refractivity (Wildman–Crippen MR) is 150 cm³/mol. The van der Waals surface area contributed by atoms with Crippen LogP contribution in [0.4, 0.5) is 16.2 Å². The molecule has 1 atom stereocenters. The molecule has 38 heavy (non-hydrogen) atoms. The summed E-state index contributed by atoms with van der Waals surface area (Å²) in [6.45, 7) is 9.38. The monoisotopic (exact) mass is 537 g/mol. The van der Waals surface area contributed by atoms with Crippen LogP contribution in [0, 0.1) is 0 Å². The largest absolute Gasteiger partial charge is 0.458 e. The molecule has 3 N–H and O–H groups in total. The molecule has 0 unspecified atom stereocenters. The van der Waals surface area contributed by atoms with E-state index in [-0.39, 0.29) is 11.3 Å². The Labute approximate surface area is 224 Å². The first-order valence-corrected chi connectivity index (χ1v) is 13.9. The number of amides is 2. The summed E-state index contributed by atoms with van der Waals surface area (Å²) in [5.74, 6) is -0.239. The lowest BCUT2D eigenvalue weighted by Crippen LogP contribution is -2.47. The van der Waals surface area contributed by atoms with Gasteiger partial charge in [0.1, 0.15) is 11.6 Å². The van der Waals surface area contributed by atoms with Gasteiger partial charge in [-0.2, -0.15) is 0 Å². The van der Waals surface area contributed by atoms with E-state index in [9.17, 15) is 18.0 Å². The van der Waals surface area contributed by atoms with Crippen LogP contribution in [0.3, 0.4) is 0 Å². The smallest absolute Gasteiger partial charge is 0.329 e. The van der Waals surface area contributed by atoms with Crippen LogP contribution in [0.15, 0.2) is 83.8 Å². The number of carbonyl (C=O) groups is 2. The Balaban J connectivity index is 1.64. The molecule has 0 aliphatic carbocycles. The summed E-state index contributed by atoms with van der Waals surface area (Å²) in [4.78, 5) is 25.6. The third kappa shape index (κ3) is 8.62. The number of nitrogens with one attached hydrogen (secondary N) is 3. The van der Waals surface area contributed by atoms with Crippen LogP contribution in [0.1, 0.15) is 51.7 Å². The van der Waals surface area contributed by atoms with E-state index < -0.39 is 33.7 Å². The van der Waals surface area contributed by atoms with E-state index in [1.54, 1.807) is 69.3 Å². The number of ether oxygens (including phenoxy) is 1. The molecular weight excluding hydrogens is 502 g/mol. The summed E-state index contributed by atoms with van der Waals surface area (Å²) >= 11 is 0. The molecule has 3 aromatic carbocycles. The van der Waals surface area contributed by atoms with Gasteiger partial charge in [0.15, 0.2) is 0 Å². The lowest BCUT2D eigenvalue weighted by atomic mass is 10.0. The molecule has 3 aromatic rings. The van der Waals surface area contributed by atoms with Gasteiger partial charge in [-0.25, -0.2) is 18.0 Å². The van der Waals surface area contributed by atoms with Crippen LogP contribution in [0.5, 0.6) is 0 Å². The van der Waals surface area contributed by atoms with E-state index in [0.29, 0.717) is 17.3 Å². The second-order valence-corrected chi connectivity index (χ2v) is 12.0. The van der Waals surface area contributed by atoms with Crippen molar-refractivity contribution in [2.45, 2.75) is 63.5 Å². The van der Waals surface area contributed by atoms with E-state index in [1.807, 2.05) is 44.2 Å². The summed E-state index contributed by atoms with van der Waals surface area (Å²) in [6, 6.07) is 20.8. The molecule has 2 amide bonds. The Hall–Kier alpha value is -3.85. The van der Waals surface area contributed by atoms with Crippen LogP contribution in [0.2, 0.25) is 0 Å². The molecule has 0 heterocycles. The molecule has 0 saturated carbocycles. The maximum absolute atomic E-state index is 12.8. The number of sulfonamides is 1. The molecule has 202 valence electrons. The van der Waals surface area contributed by atoms with Crippen LogP contribution in [0.25, 0.3) is 0 Å². The summed E-state index contributed by atoms with van der Waals surface area (Å²) in [5.41, 5.74) is 1.99. The van der Waals surface area contributed by atoms with Crippen molar-refractivity contribution in [2.75, 3.05) is 10.0 Å². The van der Waals surface area contributed by atoms with Crippen molar-refractivity contribution in [3.63, 3.8) is 0 Å². The SMILES string of the molecule is CC(C)c1ccc(S(=O)(=O)Nc2ccc(NC(=O)N[C@@H](Cc3ccccc3)C(=O)OC(C)(C)C)cc2)cc1. The van der Waals surface area contributed by atoms with E-state index in [0.717, 1.165) is 11.1 Å². The minimum absolute atomic E-state index is 0.162. The zero-order valence-corrected chi connectivity index (χ0v) is 23.1. The molecule has 0 aliphatic heterocycles. The van der Waals surface area contributed by atoms with Crippen molar-refractivity contribution in [2.24, 2.45) is 0 Å². The van der Waals surface area contributed by atoms with E-state index in [1.165, 1.54) is 0 Å². The number of rotatable bonds is 9. The van der Waals surface area contributed by atoms with Crippen LogP contribution < -0.4 is 15.4 Å². The maximum atomic E-state index is 12.8. The molecule has 0 radical (unpaired) electrons. The van der Waals surface area contributed by atoms with Crippen molar-refractivity contribution in [1.29, 1.82) is 0 Å². The Morgan fingerprint density at radius 1 is 0.842 bits per heavy atom. The first-order chi connectivity index (χ1) is 17.8. The summed E-state index contributed by atoms with van der Waals surface area (Å²) < 4.78 is 33.5. The topological polar surface area (TPSA) is 114 Å². The van der Waals surface area contributed by atoms with Crippen LogP contribution >= 0.6 is 0 Å². The number of urea groups is 1. The highest BCUT2D eigenvalue weighted by Crippen LogP contribution is 2.21. The highest BCUT2D eigenvalue weighted by Gasteiger charge is 2.27. The number of anilines is 2. The Morgan fingerprint density at radius 2 is 1.42 bits per heavy atom. The fraction of sp³-hybridized carbons (Fsp3) is 0.310. The third-order valence-electron chi connectivity index (χ3n) is 5.53. The fourth-order valence-corrected chi connectivity index (χ4v) is 4.67. The van der Waals surface area contributed by atoms with Gasteiger partial charge in [0.25, 0.3) is 10.0 Å². The second-order valence-electron chi connectivity index (χ2n) is 10.3. The molecular formula is C29H35N3O5S. The molecule has 0 aromatic heterocycles. The van der Waals surface area contributed by atoms with Crippen LogP contribution in [-0.2, 0) is 26.0 Å². The zero-order chi connectivity index (χ0) is 27.9. The number of hydrogen-bond donors (Lipinski definition) is 3. The van der Waals surface area contributed by atoms with Crippen molar-refractivity contribution in [3.05, 3.63) is 90.0 Å². The fourth-order valence-electron chi connectivity index (χ4n) is 3.61. The molecule has 0 spiro atoms. The summed E-state index contributed by atoms with van der Waals surface area (Å²) in [6.07, 6.45) is 0.266. The van der Waals surface area contributed by atoms with Gasteiger partial charge >= 0.3 is 12.0 Å². The standard InChI is InChI=1S/C29H35N3O5S/c1-20(2)22-11-17-25(18-12-22)38(35,36)32-24-15-13-23(14-16-24)30-28(34)31-26(27(33)37-29(3,4)5)19-21-9-7-6-8-10-21/h6-18,20,26,32H,19H2,1-5H3,(H2,30,31,34)/t26-/m0/s1. The van der Waals surface area contributed by atoms with Gasteiger partial charge in [-0.05, 0) is 74.2 Å². The van der Waals surface area contributed by atoms with E-state index in [2.05, 4.69) is 15.4 Å². The van der Waals surface area contributed by atoms with Gasteiger partial charge in [0.2, 0.25) is 0 Å². The summed E-state index contributed by atoms with van der Waals surface area (Å²) in [7, 11) is -3.76. The number of hydrogen-bond acceptors (Lipinski definition) is 5. The van der Waals surface area contributed by atoms with Gasteiger partial charge < -0.3 is 15.4 Å². The van der Waals surface area contributed by atoms with Gasteiger partial charge in [-0.3, -0.25) is 4.72 Å². The van der Waals surface area contributed by atoms with Crippen LogP contribution in [-0.4, -0.2) is 32.1 Å². The van der Waals surface area contributed by atoms with Gasteiger partial charge in [-0.15, -0.1) is 0 Å². The molecule has 0 aliphatic rings. The number of esters is 1. The van der Waals surface area contributed by atoms with Gasteiger partial charge in [-0.1, -0.05) is 56.3 Å². The van der Waals surface area contributed by atoms with Gasteiger partial charge in [0, 0.05) is 17.8 Å². The number of carbonyl (C=O) groups excluding carboxylic acids is 2. The minimum atomic E-state index is -3.76. The minimum Gasteiger partial charge on any atom is -0.458 e. The van der Waals surface area contributed by atoms with Crippen molar-refractivity contribution in [3.8, 4) is 0 Å². The average molecular weight is 538 g/mol. The highest BCUT2D eigenvalue weighted by atomic mass is 32.2. The Morgan fingerprint density at radius 3 is 1.97 bits per heavy atom. The lowest BCUT2D eigenvalue weighted by Gasteiger charge is -2.24. The molecule has 9 heteroatoms. The number of benzene rings is 3. The van der Waals surface area contributed by atoms with Crippen molar-refractivity contribution < 1.29 is 22.7 Å². The molecule has 3 rings (SSSR count). The first kappa shape index (κ1) is 28.7. The second kappa shape index (κ2) is 12.1. The molecule has 8 nitrogen and oxygen atoms in total. The normalized spacial score (nSPS) is 12.5. The maximum Gasteiger partial charge on any atom is 0.329 e. The van der Waals surface area contributed by atoms with Crippen molar-refractivity contribution >= 4 is 33.4 Å². The Bertz CT molecular complexity index is 1330. The van der Waals surface area contributed by atoms with E-state index >= 15 is 0 Å². The van der Waals surface area contributed by atoms with E-state index in [4.69, 9.17) is 4.74 Å². The Kier molecular flexibility index (Phi) is 9.17. The highest BCUT2D eigenvalue weighted by molar-refractivity contribution is 7.92.